The van der Waals surface area contributed by atoms with Gasteiger partial charge in [-0.05, 0) is 18.2 Å². The molecule has 3 N–H and O–H groups in total. The Hall–Kier alpha value is -1.83. The van der Waals surface area contributed by atoms with Crippen molar-refractivity contribution in [3.63, 3.8) is 0 Å². The molecule has 0 aromatic heterocycles. The van der Waals surface area contributed by atoms with E-state index >= 15 is 0 Å². The third kappa shape index (κ3) is 6.94. The summed E-state index contributed by atoms with van der Waals surface area (Å²) < 4.78 is 20.8. The summed E-state index contributed by atoms with van der Waals surface area (Å²) in [6.07, 6.45) is 0. The molecule has 0 fully saturated rings. The number of carboxylic acids is 1. The zero-order valence-electron chi connectivity index (χ0n) is 12.0. The molecule has 0 saturated carbocycles. The number of aromatic carboxylic acids is 1. The van der Waals surface area contributed by atoms with Gasteiger partial charge < -0.3 is 29.8 Å². The second-order valence-corrected chi connectivity index (χ2v) is 4.12. The lowest BCUT2D eigenvalue weighted by Crippen LogP contribution is -2.12. The van der Waals surface area contributed by atoms with Crippen LogP contribution in [0.5, 0.6) is 5.75 Å². The Morgan fingerprint density at radius 1 is 1.10 bits per heavy atom. The molecule has 0 unspecified atom stereocenters. The van der Waals surface area contributed by atoms with Gasteiger partial charge in [-0.15, -0.1) is 0 Å². The highest BCUT2D eigenvalue weighted by Crippen LogP contribution is 2.22. The normalized spacial score (nSPS) is 10.5. The van der Waals surface area contributed by atoms with Crippen LogP contribution in [0.25, 0.3) is 0 Å². The van der Waals surface area contributed by atoms with Gasteiger partial charge in [0.25, 0.3) is 0 Å². The smallest absolute Gasteiger partial charge is 0.335 e. The van der Waals surface area contributed by atoms with Gasteiger partial charge in [-0.2, -0.15) is 0 Å². The van der Waals surface area contributed by atoms with Crippen LogP contribution in [0.1, 0.15) is 10.4 Å². The molecule has 7 nitrogen and oxygen atoms in total. The Labute approximate surface area is 123 Å². The van der Waals surface area contributed by atoms with Crippen molar-refractivity contribution in [1.29, 1.82) is 0 Å². The number of methoxy groups -OCH3 is 1. The predicted molar refractivity (Wildman–Crippen MR) is 76.8 cm³/mol. The fourth-order valence-electron chi connectivity index (χ4n) is 1.49. The van der Waals surface area contributed by atoms with Gasteiger partial charge in [-0.3, -0.25) is 0 Å². The van der Waals surface area contributed by atoms with Crippen molar-refractivity contribution < 1.29 is 28.8 Å². The Morgan fingerprint density at radius 3 is 2.29 bits per heavy atom. The molecular weight excluding hydrogens is 278 g/mol. The zero-order chi connectivity index (χ0) is 15.5. The third-order valence-electron chi connectivity index (χ3n) is 2.55. The number of benzene rings is 1. The second kappa shape index (κ2) is 9.98. The van der Waals surface area contributed by atoms with Gasteiger partial charge in [0.2, 0.25) is 0 Å². The van der Waals surface area contributed by atoms with Crippen LogP contribution < -0.4 is 10.5 Å². The van der Waals surface area contributed by atoms with Crippen molar-refractivity contribution in [1.82, 2.24) is 0 Å². The summed E-state index contributed by atoms with van der Waals surface area (Å²) in [5, 5.41) is 8.81. The summed E-state index contributed by atoms with van der Waals surface area (Å²) in [4.78, 5) is 10.8. The molecule has 0 bridgehead atoms. The van der Waals surface area contributed by atoms with Gasteiger partial charge in [0.15, 0.2) is 0 Å². The number of hydrogen-bond donors (Lipinski definition) is 2. The van der Waals surface area contributed by atoms with Crippen LogP contribution in [-0.2, 0) is 14.2 Å². The minimum Gasteiger partial charge on any atom is -0.489 e. The van der Waals surface area contributed by atoms with Gasteiger partial charge in [0.05, 0.1) is 44.3 Å². The molecule has 1 aromatic carbocycles. The number of carbonyl (C=O) groups is 1. The summed E-state index contributed by atoms with van der Waals surface area (Å²) in [5.41, 5.74) is 6.13. The molecule has 0 atom stereocenters. The molecule has 7 heteroatoms. The lowest BCUT2D eigenvalue weighted by Gasteiger charge is -2.10. The van der Waals surface area contributed by atoms with Crippen molar-refractivity contribution in [2.75, 3.05) is 52.5 Å². The van der Waals surface area contributed by atoms with Gasteiger partial charge in [-0.1, -0.05) is 0 Å². The van der Waals surface area contributed by atoms with Gasteiger partial charge in [-0.25, -0.2) is 4.79 Å². The van der Waals surface area contributed by atoms with E-state index in [1.54, 1.807) is 7.11 Å². The highest BCUT2D eigenvalue weighted by Gasteiger charge is 2.06. The maximum absolute atomic E-state index is 10.8. The van der Waals surface area contributed by atoms with E-state index in [9.17, 15) is 4.79 Å². The topological polar surface area (TPSA) is 100 Å². The van der Waals surface area contributed by atoms with E-state index in [2.05, 4.69) is 0 Å². The molecular formula is C14H21NO6. The van der Waals surface area contributed by atoms with Crippen molar-refractivity contribution in [2.45, 2.75) is 0 Å². The lowest BCUT2D eigenvalue weighted by molar-refractivity contribution is 0.0180. The van der Waals surface area contributed by atoms with Crippen LogP contribution in [-0.4, -0.2) is 57.8 Å². The van der Waals surface area contributed by atoms with E-state index in [1.165, 1.54) is 18.2 Å². The molecule has 0 aliphatic rings. The lowest BCUT2D eigenvalue weighted by atomic mass is 10.2. The maximum Gasteiger partial charge on any atom is 0.335 e. The molecule has 0 saturated heterocycles. The molecule has 1 aromatic rings. The number of anilines is 1. The van der Waals surface area contributed by atoms with Crippen LogP contribution >= 0.6 is 0 Å². The van der Waals surface area contributed by atoms with Gasteiger partial charge in [0, 0.05) is 7.11 Å². The molecule has 0 amide bonds. The van der Waals surface area contributed by atoms with Crippen LogP contribution in [0, 0.1) is 0 Å². The number of nitrogens with two attached hydrogens (primary N) is 1. The van der Waals surface area contributed by atoms with E-state index in [0.717, 1.165) is 0 Å². The minimum absolute atomic E-state index is 0.129. The summed E-state index contributed by atoms with van der Waals surface area (Å²) in [7, 11) is 1.62. The summed E-state index contributed by atoms with van der Waals surface area (Å²) in [6, 6.07) is 4.34. The van der Waals surface area contributed by atoms with E-state index in [0.29, 0.717) is 45.4 Å². The fourth-order valence-corrected chi connectivity index (χ4v) is 1.49. The highest BCUT2D eigenvalue weighted by atomic mass is 16.6. The number of hydrogen-bond acceptors (Lipinski definition) is 6. The quantitative estimate of drug-likeness (QED) is 0.465. The Kier molecular flexibility index (Phi) is 8.18. The molecule has 1 rings (SSSR count). The maximum atomic E-state index is 10.8. The molecule has 0 radical (unpaired) electrons. The number of ether oxygens (including phenoxy) is 4. The van der Waals surface area contributed by atoms with Crippen molar-refractivity contribution in [3.05, 3.63) is 23.8 Å². The van der Waals surface area contributed by atoms with Crippen LogP contribution in [0.2, 0.25) is 0 Å². The largest absolute Gasteiger partial charge is 0.489 e. The molecule has 0 aliphatic carbocycles. The van der Waals surface area contributed by atoms with Gasteiger partial charge in [0.1, 0.15) is 12.4 Å². The minimum atomic E-state index is -1.02. The fraction of sp³-hybridized carbons (Fsp3) is 0.500. The summed E-state index contributed by atoms with van der Waals surface area (Å²) in [5.74, 6) is -0.579. The third-order valence-corrected chi connectivity index (χ3v) is 2.55. The van der Waals surface area contributed by atoms with Crippen LogP contribution in [0.4, 0.5) is 5.69 Å². The van der Waals surface area contributed by atoms with Crippen LogP contribution in [0.3, 0.4) is 0 Å². The molecule has 118 valence electrons. The van der Waals surface area contributed by atoms with E-state index in [1.807, 2.05) is 0 Å². The summed E-state index contributed by atoms with van der Waals surface area (Å²) >= 11 is 0. The summed E-state index contributed by atoms with van der Waals surface area (Å²) in [6.45, 7) is 2.80. The standard InChI is InChI=1S/C14H21NO6/c1-18-4-5-19-6-7-20-8-9-21-13-3-2-11(14(16)17)10-12(13)15/h2-3,10H,4-9,15H2,1H3,(H,16,17). The first-order valence-corrected chi connectivity index (χ1v) is 6.55. The first-order chi connectivity index (χ1) is 10.1. The predicted octanol–water partition coefficient (Wildman–Crippen LogP) is 1.03. The van der Waals surface area contributed by atoms with Gasteiger partial charge >= 0.3 is 5.97 Å². The molecule has 0 heterocycles. The van der Waals surface area contributed by atoms with E-state index < -0.39 is 5.97 Å². The highest BCUT2D eigenvalue weighted by molar-refractivity contribution is 5.89. The average Bonchev–Trinajstić information content (AvgIpc) is 2.46. The molecule has 0 aliphatic heterocycles. The van der Waals surface area contributed by atoms with Crippen molar-refractivity contribution in [3.8, 4) is 5.75 Å². The first kappa shape index (κ1) is 17.2. The van der Waals surface area contributed by atoms with E-state index in [-0.39, 0.29) is 11.3 Å². The molecule has 21 heavy (non-hydrogen) atoms. The SMILES string of the molecule is COCCOCCOCCOc1ccc(C(=O)O)cc1N. The number of carboxylic acid groups (broad SMARTS) is 1. The molecule has 0 spiro atoms. The Bertz CT molecular complexity index is 437. The number of nitrogen functional groups attached to an aromatic ring is 1. The van der Waals surface area contributed by atoms with Crippen molar-refractivity contribution >= 4 is 11.7 Å². The number of rotatable bonds is 11. The van der Waals surface area contributed by atoms with Crippen molar-refractivity contribution in [2.24, 2.45) is 0 Å². The Balaban J connectivity index is 2.14. The Morgan fingerprint density at radius 2 is 1.71 bits per heavy atom. The second-order valence-electron chi connectivity index (χ2n) is 4.12. The first-order valence-electron chi connectivity index (χ1n) is 6.55. The average molecular weight is 299 g/mol. The van der Waals surface area contributed by atoms with Crippen LogP contribution in [0.15, 0.2) is 18.2 Å². The monoisotopic (exact) mass is 299 g/mol. The zero-order valence-corrected chi connectivity index (χ0v) is 12.0. The van der Waals surface area contributed by atoms with E-state index in [4.69, 9.17) is 29.8 Å².